The van der Waals surface area contributed by atoms with Crippen molar-refractivity contribution >= 4 is 11.4 Å². The highest BCUT2D eigenvalue weighted by molar-refractivity contribution is 5.63. The molecular formula is C7H4F4N2O2. The average Bonchev–Trinajstić information content (AvgIpc) is 2.19. The summed E-state index contributed by atoms with van der Waals surface area (Å²) in [6.45, 7) is 0. The van der Waals surface area contributed by atoms with Gasteiger partial charge in [-0.1, -0.05) is 0 Å². The monoisotopic (exact) mass is 224 g/mol. The Hall–Kier alpha value is -1.86. The van der Waals surface area contributed by atoms with E-state index in [1.165, 1.54) is 0 Å². The summed E-state index contributed by atoms with van der Waals surface area (Å²) < 4.78 is 51.0. The standard InChI is InChI=1S/C7H4F4N2O2/c1-12-6-4(10)2(8)3(9)5(11)7(6)13(14)15/h12H,1H3. The first-order valence-corrected chi connectivity index (χ1v) is 3.59. The molecular weight excluding hydrogens is 220 g/mol. The Morgan fingerprint density at radius 2 is 1.53 bits per heavy atom. The number of halogens is 4. The van der Waals surface area contributed by atoms with E-state index in [1.54, 1.807) is 0 Å². The number of benzene rings is 1. The van der Waals surface area contributed by atoms with Crippen LogP contribution in [0.5, 0.6) is 0 Å². The van der Waals surface area contributed by atoms with Gasteiger partial charge in [-0.2, -0.15) is 4.39 Å². The Kier molecular flexibility index (Phi) is 2.78. The summed E-state index contributed by atoms with van der Waals surface area (Å²) in [6, 6.07) is 0. The lowest BCUT2D eigenvalue weighted by Gasteiger charge is -2.06. The van der Waals surface area contributed by atoms with Crippen LogP contribution < -0.4 is 5.32 Å². The second-order valence-electron chi connectivity index (χ2n) is 2.49. The second kappa shape index (κ2) is 3.71. The van der Waals surface area contributed by atoms with Crippen LogP contribution >= 0.6 is 0 Å². The van der Waals surface area contributed by atoms with Gasteiger partial charge >= 0.3 is 5.69 Å². The molecule has 1 rings (SSSR count). The molecule has 1 aromatic carbocycles. The Balaban J connectivity index is 3.70. The zero-order valence-corrected chi connectivity index (χ0v) is 7.28. The third-order valence-electron chi connectivity index (χ3n) is 1.67. The maximum atomic E-state index is 12.9. The predicted molar refractivity (Wildman–Crippen MR) is 42.5 cm³/mol. The minimum absolute atomic E-state index is 1.02. The highest BCUT2D eigenvalue weighted by Gasteiger charge is 2.32. The molecule has 0 bridgehead atoms. The Morgan fingerprint density at radius 3 is 1.93 bits per heavy atom. The molecule has 15 heavy (non-hydrogen) atoms. The van der Waals surface area contributed by atoms with Gasteiger partial charge in [0.25, 0.3) is 0 Å². The summed E-state index contributed by atoms with van der Waals surface area (Å²) in [6.07, 6.45) is 0. The minimum Gasteiger partial charge on any atom is -0.380 e. The zero-order chi connectivity index (χ0) is 11.7. The van der Waals surface area contributed by atoms with E-state index in [-0.39, 0.29) is 0 Å². The lowest BCUT2D eigenvalue weighted by molar-refractivity contribution is -0.387. The molecule has 0 aliphatic rings. The van der Waals surface area contributed by atoms with Crippen molar-refractivity contribution in [2.24, 2.45) is 0 Å². The van der Waals surface area contributed by atoms with E-state index in [9.17, 15) is 27.7 Å². The lowest BCUT2D eigenvalue weighted by Crippen LogP contribution is -2.07. The van der Waals surface area contributed by atoms with E-state index in [2.05, 4.69) is 0 Å². The van der Waals surface area contributed by atoms with Crippen LogP contribution in [0.15, 0.2) is 0 Å². The molecule has 0 fully saturated rings. The van der Waals surface area contributed by atoms with Gasteiger partial charge in [0.1, 0.15) is 0 Å². The van der Waals surface area contributed by atoms with Gasteiger partial charge in [-0.25, -0.2) is 13.2 Å². The average molecular weight is 224 g/mol. The SMILES string of the molecule is CNc1c(F)c(F)c(F)c(F)c1[N+](=O)[O-]. The largest absolute Gasteiger partial charge is 0.380 e. The van der Waals surface area contributed by atoms with Gasteiger partial charge in [-0.15, -0.1) is 0 Å². The first kappa shape index (κ1) is 11.2. The predicted octanol–water partition coefficient (Wildman–Crippen LogP) is 2.19. The molecule has 1 aromatic rings. The van der Waals surface area contributed by atoms with Crippen molar-refractivity contribution in [3.63, 3.8) is 0 Å². The number of anilines is 1. The molecule has 1 N–H and O–H groups in total. The highest BCUT2D eigenvalue weighted by Crippen LogP contribution is 2.33. The van der Waals surface area contributed by atoms with Gasteiger partial charge in [-0.05, 0) is 0 Å². The van der Waals surface area contributed by atoms with Gasteiger partial charge in [0.2, 0.25) is 11.6 Å². The number of rotatable bonds is 2. The lowest BCUT2D eigenvalue weighted by atomic mass is 10.2. The molecule has 0 radical (unpaired) electrons. The third kappa shape index (κ3) is 1.58. The van der Waals surface area contributed by atoms with Gasteiger partial charge in [0, 0.05) is 7.05 Å². The van der Waals surface area contributed by atoms with Gasteiger partial charge < -0.3 is 5.32 Å². The van der Waals surface area contributed by atoms with Crippen molar-refractivity contribution in [1.82, 2.24) is 0 Å². The van der Waals surface area contributed by atoms with Gasteiger partial charge in [0.15, 0.2) is 17.3 Å². The number of hydrogen-bond acceptors (Lipinski definition) is 3. The number of hydrogen-bond donors (Lipinski definition) is 1. The fraction of sp³-hybridized carbons (Fsp3) is 0.143. The molecule has 0 saturated heterocycles. The highest BCUT2D eigenvalue weighted by atomic mass is 19.2. The molecule has 0 unspecified atom stereocenters. The van der Waals surface area contributed by atoms with Gasteiger partial charge in [-0.3, -0.25) is 10.1 Å². The van der Waals surface area contributed by atoms with E-state index in [0.717, 1.165) is 7.05 Å². The fourth-order valence-electron chi connectivity index (χ4n) is 1.02. The summed E-state index contributed by atoms with van der Waals surface area (Å²) in [5, 5.41) is 12.2. The van der Waals surface area contributed by atoms with Crippen LogP contribution in [0.1, 0.15) is 0 Å². The van der Waals surface area contributed by atoms with E-state index in [4.69, 9.17) is 0 Å². The van der Waals surface area contributed by atoms with E-state index in [0.29, 0.717) is 0 Å². The normalized spacial score (nSPS) is 10.2. The second-order valence-corrected chi connectivity index (χ2v) is 2.49. The maximum absolute atomic E-state index is 12.9. The maximum Gasteiger partial charge on any atom is 0.333 e. The molecule has 0 heterocycles. The van der Waals surface area contributed by atoms with Gasteiger partial charge in [0.05, 0.1) is 4.92 Å². The Morgan fingerprint density at radius 1 is 1.07 bits per heavy atom. The van der Waals surface area contributed by atoms with E-state index >= 15 is 0 Å². The quantitative estimate of drug-likeness (QED) is 0.275. The van der Waals surface area contributed by atoms with Crippen molar-refractivity contribution in [2.75, 3.05) is 12.4 Å². The molecule has 82 valence electrons. The van der Waals surface area contributed by atoms with Crippen LogP contribution in [-0.4, -0.2) is 12.0 Å². The number of nitro benzene ring substituents is 1. The summed E-state index contributed by atoms with van der Waals surface area (Å²) in [7, 11) is 1.02. The smallest absolute Gasteiger partial charge is 0.333 e. The molecule has 0 saturated carbocycles. The molecule has 4 nitrogen and oxygen atoms in total. The van der Waals surface area contributed by atoms with Crippen molar-refractivity contribution in [3.05, 3.63) is 33.4 Å². The van der Waals surface area contributed by atoms with Crippen LogP contribution in [-0.2, 0) is 0 Å². The first-order chi connectivity index (χ1) is 6.91. The summed E-state index contributed by atoms with van der Waals surface area (Å²) in [5.74, 6) is -8.17. The molecule has 8 heteroatoms. The van der Waals surface area contributed by atoms with Crippen LogP contribution in [0.3, 0.4) is 0 Å². The van der Waals surface area contributed by atoms with E-state index < -0.39 is 39.6 Å². The van der Waals surface area contributed by atoms with Crippen LogP contribution in [0.2, 0.25) is 0 Å². The number of nitro groups is 1. The molecule has 0 atom stereocenters. The Bertz CT molecular complexity index is 436. The molecule has 0 aromatic heterocycles. The summed E-state index contributed by atoms with van der Waals surface area (Å²) >= 11 is 0. The van der Waals surface area contributed by atoms with Crippen LogP contribution in [0, 0.1) is 33.4 Å². The van der Waals surface area contributed by atoms with Crippen molar-refractivity contribution in [1.29, 1.82) is 0 Å². The first-order valence-electron chi connectivity index (χ1n) is 3.59. The topological polar surface area (TPSA) is 55.2 Å². The molecule has 0 aliphatic heterocycles. The molecule has 0 spiro atoms. The summed E-state index contributed by atoms with van der Waals surface area (Å²) in [5.41, 5.74) is -2.50. The third-order valence-corrected chi connectivity index (χ3v) is 1.67. The van der Waals surface area contributed by atoms with Crippen molar-refractivity contribution in [3.8, 4) is 0 Å². The van der Waals surface area contributed by atoms with Crippen LogP contribution in [0.4, 0.5) is 28.9 Å². The number of nitrogens with zero attached hydrogens (tertiary/aromatic N) is 1. The zero-order valence-electron chi connectivity index (χ0n) is 7.28. The van der Waals surface area contributed by atoms with Crippen molar-refractivity contribution < 1.29 is 22.5 Å². The molecule has 0 amide bonds. The molecule has 0 aliphatic carbocycles. The summed E-state index contributed by atoms with van der Waals surface area (Å²) in [4.78, 5) is 8.95. The number of nitrogens with one attached hydrogen (secondary N) is 1. The van der Waals surface area contributed by atoms with E-state index in [1.807, 2.05) is 5.32 Å². The fourth-order valence-corrected chi connectivity index (χ4v) is 1.02. The minimum atomic E-state index is -2.21. The van der Waals surface area contributed by atoms with Crippen LogP contribution in [0.25, 0.3) is 0 Å². The Labute approximate surface area is 80.7 Å². The van der Waals surface area contributed by atoms with Crippen molar-refractivity contribution in [2.45, 2.75) is 0 Å².